The van der Waals surface area contributed by atoms with Crippen molar-refractivity contribution in [2.24, 2.45) is 5.73 Å². The van der Waals surface area contributed by atoms with Crippen molar-refractivity contribution in [3.8, 4) is 0 Å². The van der Waals surface area contributed by atoms with Crippen molar-refractivity contribution in [2.45, 2.75) is 32.1 Å². The van der Waals surface area contributed by atoms with E-state index in [1.54, 1.807) is 0 Å². The molecule has 0 saturated heterocycles. The van der Waals surface area contributed by atoms with Gasteiger partial charge in [-0.15, -0.1) is 6.58 Å². The average Bonchev–Trinajstić information content (AvgIpc) is 1.87. The van der Waals surface area contributed by atoms with Crippen LogP contribution in [0.5, 0.6) is 0 Å². The topological polar surface area (TPSA) is 43.1 Å². The lowest BCUT2D eigenvalue weighted by atomic mass is 10.1. The second kappa shape index (κ2) is 6.33. The maximum absolute atomic E-state index is 10.2. The van der Waals surface area contributed by atoms with Crippen LogP contribution in [0.3, 0.4) is 0 Å². The molecule has 2 heteroatoms. The Labute approximate surface area is 62.1 Å². The van der Waals surface area contributed by atoms with Gasteiger partial charge in [0.15, 0.2) is 0 Å². The van der Waals surface area contributed by atoms with Gasteiger partial charge in [-0.05, 0) is 19.3 Å². The highest BCUT2D eigenvalue weighted by Gasteiger charge is 1.92. The molecule has 0 unspecified atom stereocenters. The zero-order valence-electron chi connectivity index (χ0n) is 6.31. The third kappa shape index (κ3) is 7.21. The van der Waals surface area contributed by atoms with E-state index < -0.39 is 0 Å². The number of primary amides is 1. The molecule has 0 saturated carbocycles. The molecule has 0 heterocycles. The van der Waals surface area contributed by atoms with Gasteiger partial charge in [-0.3, -0.25) is 4.79 Å². The van der Waals surface area contributed by atoms with Gasteiger partial charge in [0, 0.05) is 6.42 Å². The van der Waals surface area contributed by atoms with Crippen molar-refractivity contribution in [1.29, 1.82) is 0 Å². The van der Waals surface area contributed by atoms with E-state index in [0.29, 0.717) is 6.42 Å². The predicted molar refractivity (Wildman–Crippen MR) is 42.5 cm³/mol. The van der Waals surface area contributed by atoms with Gasteiger partial charge in [-0.1, -0.05) is 12.5 Å². The largest absolute Gasteiger partial charge is 0.370 e. The fraction of sp³-hybridized carbons (Fsp3) is 0.625. The van der Waals surface area contributed by atoms with E-state index in [0.717, 1.165) is 25.7 Å². The second-order valence-corrected chi connectivity index (χ2v) is 2.35. The summed E-state index contributed by atoms with van der Waals surface area (Å²) in [5, 5.41) is 0. The molecule has 0 radical (unpaired) electrons. The first kappa shape index (κ1) is 9.21. The van der Waals surface area contributed by atoms with E-state index >= 15 is 0 Å². The first-order valence-corrected chi connectivity index (χ1v) is 3.66. The van der Waals surface area contributed by atoms with E-state index in [1.165, 1.54) is 0 Å². The Morgan fingerprint density at radius 2 is 2.10 bits per heavy atom. The normalized spacial score (nSPS) is 9.20. The Balaban J connectivity index is 2.90. The Hall–Kier alpha value is -0.790. The molecule has 0 aromatic carbocycles. The van der Waals surface area contributed by atoms with Gasteiger partial charge in [0.2, 0.25) is 5.91 Å². The minimum absolute atomic E-state index is 0.196. The molecule has 10 heavy (non-hydrogen) atoms. The molecule has 0 aliphatic heterocycles. The van der Waals surface area contributed by atoms with Gasteiger partial charge >= 0.3 is 0 Å². The number of hydrogen-bond acceptors (Lipinski definition) is 1. The minimum atomic E-state index is -0.196. The fourth-order valence-electron chi connectivity index (χ4n) is 0.765. The summed E-state index contributed by atoms with van der Waals surface area (Å²) >= 11 is 0. The number of rotatable bonds is 6. The van der Waals surface area contributed by atoms with E-state index in [2.05, 4.69) is 6.58 Å². The zero-order chi connectivity index (χ0) is 7.82. The molecule has 0 aliphatic rings. The number of allylic oxidation sites excluding steroid dienone is 1. The quantitative estimate of drug-likeness (QED) is 0.443. The Morgan fingerprint density at radius 1 is 1.40 bits per heavy atom. The van der Waals surface area contributed by atoms with Crippen LogP contribution in [0, 0.1) is 0 Å². The molecule has 58 valence electrons. The van der Waals surface area contributed by atoms with Crippen LogP contribution in [-0.2, 0) is 4.79 Å². The summed E-state index contributed by atoms with van der Waals surface area (Å²) in [4.78, 5) is 10.2. The summed E-state index contributed by atoms with van der Waals surface area (Å²) in [6, 6.07) is 0. The third-order valence-corrected chi connectivity index (χ3v) is 1.33. The average molecular weight is 141 g/mol. The predicted octanol–water partition coefficient (Wildman–Crippen LogP) is 1.61. The number of carbonyl (C=O) groups is 1. The van der Waals surface area contributed by atoms with Crippen molar-refractivity contribution < 1.29 is 4.79 Å². The maximum Gasteiger partial charge on any atom is 0.217 e. The third-order valence-electron chi connectivity index (χ3n) is 1.33. The van der Waals surface area contributed by atoms with Gasteiger partial charge in [0.25, 0.3) is 0 Å². The molecule has 0 rings (SSSR count). The van der Waals surface area contributed by atoms with Crippen molar-refractivity contribution in [1.82, 2.24) is 0 Å². The first-order valence-electron chi connectivity index (χ1n) is 3.66. The highest BCUT2D eigenvalue weighted by molar-refractivity contribution is 5.73. The molecule has 0 fully saturated rings. The van der Waals surface area contributed by atoms with Crippen LogP contribution in [-0.4, -0.2) is 5.91 Å². The molecule has 2 nitrogen and oxygen atoms in total. The van der Waals surface area contributed by atoms with Crippen LogP contribution in [0.2, 0.25) is 0 Å². The Morgan fingerprint density at radius 3 is 2.60 bits per heavy atom. The van der Waals surface area contributed by atoms with Gasteiger partial charge < -0.3 is 5.73 Å². The molecule has 2 N–H and O–H groups in total. The standard InChI is InChI=1S/C8H15NO/c1-2-3-4-5-6-7-8(9)10/h2H,1,3-7H2,(H2,9,10). The van der Waals surface area contributed by atoms with Gasteiger partial charge in [0.05, 0.1) is 0 Å². The summed E-state index contributed by atoms with van der Waals surface area (Å²) in [6.07, 6.45) is 6.58. The molecule has 0 atom stereocenters. The molecule has 1 amide bonds. The van der Waals surface area contributed by atoms with Gasteiger partial charge in [0.1, 0.15) is 0 Å². The van der Waals surface area contributed by atoms with Crippen LogP contribution in [0.15, 0.2) is 12.7 Å². The number of hydrogen-bond donors (Lipinski definition) is 1. The smallest absolute Gasteiger partial charge is 0.217 e. The first-order chi connectivity index (χ1) is 4.77. The van der Waals surface area contributed by atoms with E-state index in [4.69, 9.17) is 5.73 Å². The summed E-state index contributed by atoms with van der Waals surface area (Å²) in [5.74, 6) is -0.196. The fourth-order valence-corrected chi connectivity index (χ4v) is 0.765. The number of unbranched alkanes of at least 4 members (excludes halogenated alkanes) is 3. The Bertz CT molecular complexity index is 110. The molecular formula is C8H15NO. The van der Waals surface area contributed by atoms with Crippen LogP contribution >= 0.6 is 0 Å². The van der Waals surface area contributed by atoms with E-state index in [1.807, 2.05) is 6.08 Å². The summed E-state index contributed by atoms with van der Waals surface area (Å²) in [6.45, 7) is 3.60. The van der Waals surface area contributed by atoms with Crippen LogP contribution in [0.25, 0.3) is 0 Å². The molecule has 0 bridgehead atoms. The SMILES string of the molecule is C=CCCCCCC(N)=O. The molecule has 0 aromatic rings. The van der Waals surface area contributed by atoms with Crippen molar-refractivity contribution in [3.63, 3.8) is 0 Å². The van der Waals surface area contributed by atoms with E-state index in [9.17, 15) is 4.79 Å². The summed E-state index contributed by atoms with van der Waals surface area (Å²) < 4.78 is 0. The maximum atomic E-state index is 10.2. The monoisotopic (exact) mass is 141 g/mol. The van der Waals surface area contributed by atoms with Gasteiger partial charge in [-0.25, -0.2) is 0 Å². The van der Waals surface area contributed by atoms with Crippen molar-refractivity contribution in [2.75, 3.05) is 0 Å². The molecule has 0 aliphatic carbocycles. The highest BCUT2D eigenvalue weighted by atomic mass is 16.1. The van der Waals surface area contributed by atoms with Crippen LogP contribution < -0.4 is 5.73 Å². The lowest BCUT2D eigenvalue weighted by Gasteiger charge is -1.94. The number of carbonyl (C=O) groups excluding carboxylic acids is 1. The minimum Gasteiger partial charge on any atom is -0.370 e. The summed E-state index contributed by atoms with van der Waals surface area (Å²) in [7, 11) is 0. The highest BCUT2D eigenvalue weighted by Crippen LogP contribution is 2.01. The zero-order valence-corrected chi connectivity index (χ0v) is 6.31. The Kier molecular flexibility index (Phi) is 5.83. The van der Waals surface area contributed by atoms with Crippen molar-refractivity contribution >= 4 is 5.91 Å². The second-order valence-electron chi connectivity index (χ2n) is 2.35. The van der Waals surface area contributed by atoms with Crippen LogP contribution in [0.1, 0.15) is 32.1 Å². The molecular weight excluding hydrogens is 126 g/mol. The number of amides is 1. The van der Waals surface area contributed by atoms with Crippen molar-refractivity contribution in [3.05, 3.63) is 12.7 Å². The van der Waals surface area contributed by atoms with Gasteiger partial charge in [-0.2, -0.15) is 0 Å². The molecule has 0 aromatic heterocycles. The summed E-state index contributed by atoms with van der Waals surface area (Å²) in [5.41, 5.74) is 4.95. The van der Waals surface area contributed by atoms with Crippen LogP contribution in [0.4, 0.5) is 0 Å². The van der Waals surface area contributed by atoms with E-state index in [-0.39, 0.29) is 5.91 Å². The lowest BCUT2D eigenvalue weighted by molar-refractivity contribution is -0.118. The number of nitrogens with two attached hydrogens (primary N) is 1. The molecule has 0 spiro atoms. The lowest BCUT2D eigenvalue weighted by Crippen LogP contribution is -2.09.